The molecule has 0 aliphatic carbocycles. The van der Waals surface area contributed by atoms with Crippen LogP contribution in [0.15, 0.2) is 18.3 Å². The van der Waals surface area contributed by atoms with Gasteiger partial charge in [-0.05, 0) is 12.1 Å². The van der Waals surface area contributed by atoms with Gasteiger partial charge in [-0.3, -0.25) is 4.79 Å². The van der Waals surface area contributed by atoms with E-state index in [2.05, 4.69) is 10.3 Å². The SMILES string of the molecule is COCCOCCC(=O)Nc1ccc(N)nc1. The molecule has 1 rings (SSSR count). The Morgan fingerprint density at radius 3 is 2.88 bits per heavy atom. The van der Waals surface area contributed by atoms with Crippen LogP contribution in [-0.4, -0.2) is 37.8 Å². The maximum atomic E-state index is 11.4. The first-order valence-corrected chi connectivity index (χ1v) is 5.30. The van der Waals surface area contributed by atoms with Gasteiger partial charge in [-0.15, -0.1) is 0 Å². The molecule has 0 radical (unpaired) electrons. The number of hydrogen-bond acceptors (Lipinski definition) is 5. The number of ether oxygens (including phenoxy) is 2. The number of nitrogens with two attached hydrogens (primary N) is 1. The number of aromatic nitrogens is 1. The molecular weight excluding hydrogens is 222 g/mol. The zero-order chi connectivity index (χ0) is 12.5. The average Bonchev–Trinajstić information content (AvgIpc) is 2.32. The number of carbonyl (C=O) groups is 1. The summed E-state index contributed by atoms with van der Waals surface area (Å²) in [6.07, 6.45) is 1.81. The Labute approximate surface area is 100 Å². The van der Waals surface area contributed by atoms with E-state index in [1.807, 2.05) is 0 Å². The van der Waals surface area contributed by atoms with Crippen molar-refractivity contribution in [1.29, 1.82) is 0 Å². The van der Waals surface area contributed by atoms with Crippen LogP contribution in [0.3, 0.4) is 0 Å². The van der Waals surface area contributed by atoms with Crippen molar-refractivity contribution in [2.45, 2.75) is 6.42 Å². The van der Waals surface area contributed by atoms with Gasteiger partial charge in [0, 0.05) is 7.11 Å². The fourth-order valence-corrected chi connectivity index (χ4v) is 1.11. The van der Waals surface area contributed by atoms with Crippen LogP contribution in [0.1, 0.15) is 6.42 Å². The summed E-state index contributed by atoms with van der Waals surface area (Å²) in [7, 11) is 1.60. The van der Waals surface area contributed by atoms with Gasteiger partial charge in [-0.2, -0.15) is 0 Å². The fraction of sp³-hybridized carbons (Fsp3) is 0.455. The van der Waals surface area contributed by atoms with Gasteiger partial charge in [0.1, 0.15) is 5.82 Å². The van der Waals surface area contributed by atoms with Gasteiger partial charge < -0.3 is 20.5 Å². The van der Waals surface area contributed by atoms with Crippen molar-refractivity contribution in [3.05, 3.63) is 18.3 Å². The topological polar surface area (TPSA) is 86.5 Å². The van der Waals surface area contributed by atoms with E-state index < -0.39 is 0 Å². The first kappa shape index (κ1) is 13.4. The Bertz CT molecular complexity index is 340. The third-order valence-corrected chi connectivity index (χ3v) is 1.98. The molecule has 0 aromatic carbocycles. The van der Waals surface area contributed by atoms with E-state index in [-0.39, 0.29) is 5.91 Å². The van der Waals surface area contributed by atoms with Crippen molar-refractivity contribution in [2.24, 2.45) is 0 Å². The molecule has 94 valence electrons. The van der Waals surface area contributed by atoms with E-state index in [0.717, 1.165) is 0 Å². The summed E-state index contributed by atoms with van der Waals surface area (Å²) in [6.45, 7) is 1.40. The highest BCUT2D eigenvalue weighted by Gasteiger charge is 2.02. The zero-order valence-electron chi connectivity index (χ0n) is 9.81. The summed E-state index contributed by atoms with van der Waals surface area (Å²) in [6, 6.07) is 3.33. The van der Waals surface area contributed by atoms with Crippen molar-refractivity contribution < 1.29 is 14.3 Å². The molecule has 0 spiro atoms. The van der Waals surface area contributed by atoms with Crippen LogP contribution in [0.5, 0.6) is 0 Å². The Morgan fingerprint density at radius 2 is 2.24 bits per heavy atom. The Morgan fingerprint density at radius 1 is 1.41 bits per heavy atom. The van der Waals surface area contributed by atoms with E-state index in [1.54, 1.807) is 19.2 Å². The summed E-state index contributed by atoms with van der Waals surface area (Å²) in [5.74, 6) is 0.305. The Balaban J connectivity index is 2.18. The van der Waals surface area contributed by atoms with Crippen LogP contribution in [-0.2, 0) is 14.3 Å². The molecule has 1 amide bonds. The molecule has 1 heterocycles. The zero-order valence-corrected chi connectivity index (χ0v) is 9.81. The van der Waals surface area contributed by atoms with Crippen molar-refractivity contribution in [1.82, 2.24) is 4.98 Å². The molecule has 0 aliphatic heterocycles. The molecule has 0 saturated carbocycles. The minimum Gasteiger partial charge on any atom is -0.384 e. The number of pyridine rings is 1. The number of methoxy groups -OCH3 is 1. The number of hydrogen-bond donors (Lipinski definition) is 2. The lowest BCUT2D eigenvalue weighted by molar-refractivity contribution is -0.117. The highest BCUT2D eigenvalue weighted by atomic mass is 16.5. The summed E-state index contributed by atoms with van der Waals surface area (Å²) >= 11 is 0. The lowest BCUT2D eigenvalue weighted by Crippen LogP contribution is -2.15. The van der Waals surface area contributed by atoms with Crippen molar-refractivity contribution in [2.75, 3.05) is 38.0 Å². The molecule has 17 heavy (non-hydrogen) atoms. The molecule has 0 unspecified atom stereocenters. The number of anilines is 2. The highest BCUT2D eigenvalue weighted by molar-refractivity contribution is 5.90. The first-order chi connectivity index (χ1) is 8.22. The molecule has 0 fully saturated rings. The number of amides is 1. The van der Waals surface area contributed by atoms with E-state index in [0.29, 0.717) is 37.7 Å². The average molecular weight is 239 g/mol. The Hall–Kier alpha value is -1.66. The summed E-state index contributed by atoms with van der Waals surface area (Å²) in [5.41, 5.74) is 6.05. The van der Waals surface area contributed by atoms with E-state index >= 15 is 0 Å². The largest absolute Gasteiger partial charge is 0.384 e. The number of nitrogen functional groups attached to an aromatic ring is 1. The van der Waals surface area contributed by atoms with Crippen molar-refractivity contribution in [3.63, 3.8) is 0 Å². The van der Waals surface area contributed by atoms with Crippen LogP contribution in [0.2, 0.25) is 0 Å². The predicted octanol–water partition coefficient (Wildman–Crippen LogP) is 0.655. The van der Waals surface area contributed by atoms with Crippen LogP contribution in [0.4, 0.5) is 11.5 Å². The minimum atomic E-state index is -0.117. The second kappa shape index (κ2) is 7.59. The molecule has 6 nitrogen and oxygen atoms in total. The fourth-order valence-electron chi connectivity index (χ4n) is 1.11. The molecule has 3 N–H and O–H groups in total. The first-order valence-electron chi connectivity index (χ1n) is 5.30. The van der Waals surface area contributed by atoms with Gasteiger partial charge in [0.2, 0.25) is 5.91 Å². The monoisotopic (exact) mass is 239 g/mol. The molecule has 0 saturated heterocycles. The minimum absolute atomic E-state index is 0.117. The Kier molecular flexibility index (Phi) is 5.98. The molecule has 0 bridgehead atoms. The lowest BCUT2D eigenvalue weighted by Gasteiger charge is -2.05. The van der Waals surface area contributed by atoms with E-state index in [4.69, 9.17) is 15.2 Å². The summed E-state index contributed by atoms with van der Waals surface area (Å²) in [4.78, 5) is 15.3. The van der Waals surface area contributed by atoms with Crippen molar-refractivity contribution in [3.8, 4) is 0 Å². The maximum absolute atomic E-state index is 11.4. The number of nitrogens with zero attached hydrogens (tertiary/aromatic N) is 1. The molecule has 0 atom stereocenters. The number of carbonyl (C=O) groups excluding carboxylic acids is 1. The van der Waals surface area contributed by atoms with Gasteiger partial charge in [0.05, 0.1) is 38.1 Å². The van der Waals surface area contributed by atoms with Crippen LogP contribution in [0.25, 0.3) is 0 Å². The molecule has 0 aliphatic rings. The third-order valence-electron chi connectivity index (χ3n) is 1.98. The molecule has 1 aromatic rings. The molecular formula is C11H17N3O3. The maximum Gasteiger partial charge on any atom is 0.226 e. The van der Waals surface area contributed by atoms with Crippen LogP contribution < -0.4 is 11.1 Å². The van der Waals surface area contributed by atoms with Gasteiger partial charge in [0.15, 0.2) is 0 Å². The van der Waals surface area contributed by atoms with E-state index in [1.165, 1.54) is 6.20 Å². The third kappa shape index (κ3) is 5.84. The van der Waals surface area contributed by atoms with Gasteiger partial charge >= 0.3 is 0 Å². The normalized spacial score (nSPS) is 10.2. The number of rotatable bonds is 7. The van der Waals surface area contributed by atoms with Crippen LogP contribution >= 0.6 is 0 Å². The summed E-state index contributed by atoms with van der Waals surface area (Å²) in [5, 5.41) is 2.69. The van der Waals surface area contributed by atoms with Crippen molar-refractivity contribution >= 4 is 17.4 Å². The summed E-state index contributed by atoms with van der Waals surface area (Å²) < 4.78 is 9.99. The molecule has 1 aromatic heterocycles. The standard InChI is InChI=1S/C11H17N3O3/c1-16-6-7-17-5-4-11(15)14-9-2-3-10(12)13-8-9/h2-3,8H,4-7H2,1H3,(H2,12,13)(H,14,15). The molecule has 6 heteroatoms. The van der Waals surface area contributed by atoms with Crippen LogP contribution in [0, 0.1) is 0 Å². The number of nitrogens with one attached hydrogen (secondary N) is 1. The van der Waals surface area contributed by atoms with Gasteiger partial charge in [0.25, 0.3) is 0 Å². The second-order valence-corrected chi connectivity index (χ2v) is 3.38. The van der Waals surface area contributed by atoms with Gasteiger partial charge in [-0.25, -0.2) is 4.98 Å². The smallest absolute Gasteiger partial charge is 0.226 e. The predicted molar refractivity (Wildman–Crippen MR) is 64.6 cm³/mol. The lowest BCUT2D eigenvalue weighted by atomic mass is 10.3. The second-order valence-electron chi connectivity index (χ2n) is 3.38. The van der Waals surface area contributed by atoms with E-state index in [9.17, 15) is 4.79 Å². The van der Waals surface area contributed by atoms with Gasteiger partial charge in [-0.1, -0.05) is 0 Å². The highest BCUT2D eigenvalue weighted by Crippen LogP contribution is 2.07. The quantitative estimate of drug-likeness (QED) is 0.682.